The van der Waals surface area contributed by atoms with E-state index in [9.17, 15) is 27.6 Å². The van der Waals surface area contributed by atoms with Gasteiger partial charge >= 0.3 is 6.18 Å². The summed E-state index contributed by atoms with van der Waals surface area (Å²) in [4.78, 5) is 41.1. The van der Waals surface area contributed by atoms with E-state index in [0.717, 1.165) is 23.5 Å². The van der Waals surface area contributed by atoms with Crippen molar-refractivity contribution in [1.82, 2.24) is 10.2 Å². The molecular formula is C24H28ClF3N4O4S. The van der Waals surface area contributed by atoms with Gasteiger partial charge in [0, 0.05) is 25.3 Å². The SMILES string of the molecule is CC(C)CN(C)[C@H](CNC(=O)c1ccc(Cl)s1)C(=O)Nc1ccc(N2CCOCC2=O)cc1C(F)(F)F. The summed E-state index contributed by atoms with van der Waals surface area (Å²) in [5.74, 6) is -1.45. The first-order valence-corrected chi connectivity index (χ1v) is 12.7. The first-order valence-electron chi connectivity index (χ1n) is 11.5. The summed E-state index contributed by atoms with van der Waals surface area (Å²) in [5.41, 5.74) is -1.46. The van der Waals surface area contributed by atoms with Crippen molar-refractivity contribution in [2.75, 3.05) is 50.1 Å². The highest BCUT2D eigenvalue weighted by atomic mass is 35.5. The lowest BCUT2D eigenvalue weighted by atomic mass is 10.1. The van der Waals surface area contributed by atoms with E-state index in [1.807, 2.05) is 13.8 Å². The van der Waals surface area contributed by atoms with Crippen LogP contribution in [0.25, 0.3) is 0 Å². The second-order valence-corrected chi connectivity index (χ2v) is 10.7. The molecule has 0 saturated carbocycles. The van der Waals surface area contributed by atoms with Crippen LogP contribution in [-0.2, 0) is 20.5 Å². The Morgan fingerprint density at radius 3 is 2.57 bits per heavy atom. The van der Waals surface area contributed by atoms with Gasteiger partial charge in [0.25, 0.3) is 11.8 Å². The number of alkyl halides is 3. The van der Waals surface area contributed by atoms with Crippen LogP contribution >= 0.6 is 22.9 Å². The van der Waals surface area contributed by atoms with Gasteiger partial charge in [-0.1, -0.05) is 25.4 Å². The minimum atomic E-state index is -4.79. The predicted octanol–water partition coefficient (Wildman–Crippen LogP) is 4.11. The van der Waals surface area contributed by atoms with Crippen LogP contribution in [0.5, 0.6) is 0 Å². The van der Waals surface area contributed by atoms with Gasteiger partial charge in [-0.3, -0.25) is 19.3 Å². The molecule has 0 spiro atoms. The van der Waals surface area contributed by atoms with Gasteiger partial charge in [0.1, 0.15) is 12.6 Å². The van der Waals surface area contributed by atoms with Crippen molar-refractivity contribution in [3.8, 4) is 0 Å². The van der Waals surface area contributed by atoms with Crippen LogP contribution in [-0.4, -0.2) is 68.6 Å². The van der Waals surface area contributed by atoms with Gasteiger partial charge in [-0.05, 0) is 43.3 Å². The number of hydrogen-bond acceptors (Lipinski definition) is 6. The van der Waals surface area contributed by atoms with E-state index in [1.54, 1.807) is 24.1 Å². The molecule has 1 aliphatic heterocycles. The normalized spacial score (nSPS) is 15.3. The number of carbonyl (C=O) groups is 3. The lowest BCUT2D eigenvalue weighted by molar-refractivity contribution is -0.137. The number of hydrogen-bond donors (Lipinski definition) is 2. The van der Waals surface area contributed by atoms with Crippen molar-refractivity contribution in [2.45, 2.75) is 26.1 Å². The third-order valence-electron chi connectivity index (χ3n) is 5.60. The number of nitrogens with zero attached hydrogens (tertiary/aromatic N) is 2. The van der Waals surface area contributed by atoms with Gasteiger partial charge in [-0.2, -0.15) is 13.2 Å². The molecule has 0 radical (unpaired) electrons. The lowest BCUT2D eigenvalue weighted by Gasteiger charge is -2.30. The molecule has 2 N–H and O–H groups in total. The van der Waals surface area contributed by atoms with Gasteiger partial charge in [-0.25, -0.2) is 0 Å². The quantitative estimate of drug-likeness (QED) is 0.482. The van der Waals surface area contributed by atoms with Crippen LogP contribution in [0, 0.1) is 5.92 Å². The van der Waals surface area contributed by atoms with Crippen molar-refractivity contribution in [3.05, 3.63) is 45.1 Å². The van der Waals surface area contributed by atoms with E-state index in [2.05, 4.69) is 10.6 Å². The minimum absolute atomic E-state index is 0.0639. The molecule has 2 aromatic rings. The van der Waals surface area contributed by atoms with Gasteiger partial charge < -0.3 is 20.3 Å². The molecule has 1 saturated heterocycles. The Balaban J connectivity index is 1.83. The van der Waals surface area contributed by atoms with Crippen molar-refractivity contribution < 1.29 is 32.3 Å². The number of likely N-dealkylation sites (N-methyl/N-ethyl adjacent to an activating group) is 1. The molecule has 37 heavy (non-hydrogen) atoms. The highest BCUT2D eigenvalue weighted by Crippen LogP contribution is 2.37. The fraction of sp³-hybridized carbons (Fsp3) is 0.458. The third-order valence-corrected chi connectivity index (χ3v) is 6.83. The van der Waals surface area contributed by atoms with Gasteiger partial charge in [-0.15, -0.1) is 11.3 Å². The summed E-state index contributed by atoms with van der Waals surface area (Å²) in [6.45, 7) is 4.31. The Bertz CT molecular complexity index is 1140. The fourth-order valence-corrected chi connectivity index (χ4v) is 4.87. The second-order valence-electron chi connectivity index (χ2n) is 8.98. The molecule has 0 unspecified atom stereocenters. The summed E-state index contributed by atoms with van der Waals surface area (Å²) in [7, 11) is 1.66. The van der Waals surface area contributed by atoms with E-state index in [1.165, 1.54) is 11.0 Å². The van der Waals surface area contributed by atoms with Crippen molar-refractivity contribution in [2.24, 2.45) is 5.92 Å². The molecule has 2 heterocycles. The molecule has 3 amide bonds. The molecule has 1 fully saturated rings. The van der Waals surface area contributed by atoms with Crippen LogP contribution in [0.2, 0.25) is 4.34 Å². The Kier molecular flexibility index (Phi) is 9.57. The average molecular weight is 561 g/mol. The second kappa shape index (κ2) is 12.2. The summed E-state index contributed by atoms with van der Waals surface area (Å²) in [6.07, 6.45) is -4.79. The first kappa shape index (κ1) is 28.9. The summed E-state index contributed by atoms with van der Waals surface area (Å²) in [5, 5.41) is 5.05. The van der Waals surface area contributed by atoms with Crippen LogP contribution in [0.15, 0.2) is 30.3 Å². The maximum Gasteiger partial charge on any atom is 0.418 e. The topological polar surface area (TPSA) is 91.0 Å². The number of thiophene rings is 1. The summed E-state index contributed by atoms with van der Waals surface area (Å²) >= 11 is 6.96. The van der Waals surface area contributed by atoms with Gasteiger partial charge in [0.15, 0.2) is 0 Å². The Labute approximate surface area is 221 Å². The molecule has 1 aromatic carbocycles. The molecule has 13 heteroatoms. The maximum atomic E-state index is 14.0. The number of halogens is 4. The molecule has 0 bridgehead atoms. The number of rotatable bonds is 9. The lowest BCUT2D eigenvalue weighted by Crippen LogP contribution is -2.50. The smallest absolute Gasteiger partial charge is 0.370 e. The molecule has 202 valence electrons. The van der Waals surface area contributed by atoms with E-state index in [-0.39, 0.29) is 37.9 Å². The molecular weight excluding hydrogens is 533 g/mol. The van der Waals surface area contributed by atoms with E-state index < -0.39 is 41.2 Å². The number of benzene rings is 1. The third kappa shape index (κ3) is 7.67. The number of morpholine rings is 1. The summed E-state index contributed by atoms with van der Waals surface area (Å²) in [6, 6.07) is 5.49. The zero-order valence-corrected chi connectivity index (χ0v) is 22.1. The molecule has 1 atom stereocenters. The zero-order chi connectivity index (χ0) is 27.3. The minimum Gasteiger partial charge on any atom is -0.370 e. The number of ether oxygens (including phenoxy) is 1. The number of amides is 3. The molecule has 3 rings (SSSR count). The maximum absolute atomic E-state index is 14.0. The van der Waals surface area contributed by atoms with Gasteiger partial charge in [0.2, 0.25) is 5.91 Å². The van der Waals surface area contributed by atoms with Crippen LogP contribution in [0.1, 0.15) is 29.1 Å². The van der Waals surface area contributed by atoms with E-state index in [0.29, 0.717) is 15.8 Å². The molecule has 0 aliphatic carbocycles. The predicted molar refractivity (Wildman–Crippen MR) is 136 cm³/mol. The van der Waals surface area contributed by atoms with Crippen LogP contribution < -0.4 is 15.5 Å². The number of carbonyl (C=O) groups excluding carboxylic acids is 3. The number of anilines is 2. The fourth-order valence-electron chi connectivity index (χ4n) is 3.92. The van der Waals surface area contributed by atoms with Gasteiger partial charge in [0.05, 0.1) is 27.1 Å². The number of nitrogens with one attached hydrogen (secondary N) is 2. The molecule has 8 nitrogen and oxygen atoms in total. The van der Waals surface area contributed by atoms with E-state index >= 15 is 0 Å². The largest absolute Gasteiger partial charge is 0.418 e. The highest BCUT2D eigenvalue weighted by molar-refractivity contribution is 7.18. The van der Waals surface area contributed by atoms with E-state index in [4.69, 9.17) is 16.3 Å². The van der Waals surface area contributed by atoms with Crippen molar-refractivity contribution in [3.63, 3.8) is 0 Å². The standard InChI is InChI=1S/C24H28ClF3N4O4S/c1-14(2)12-31(3)18(11-29-23(35)19-6-7-20(25)37-19)22(34)30-17-5-4-15(10-16(17)24(26,27)28)32-8-9-36-13-21(32)33/h4-7,10,14,18H,8-9,11-13H2,1-3H3,(H,29,35)(H,30,34)/t18-/m1/s1. The molecule has 1 aromatic heterocycles. The van der Waals surface area contributed by atoms with Crippen LogP contribution in [0.3, 0.4) is 0 Å². The summed E-state index contributed by atoms with van der Waals surface area (Å²) < 4.78 is 47.4. The van der Waals surface area contributed by atoms with Crippen LogP contribution in [0.4, 0.5) is 24.5 Å². The highest BCUT2D eigenvalue weighted by Gasteiger charge is 2.36. The first-order chi connectivity index (χ1) is 17.4. The monoisotopic (exact) mass is 560 g/mol. The van der Waals surface area contributed by atoms with Crippen molar-refractivity contribution >= 4 is 52.0 Å². The Morgan fingerprint density at radius 1 is 1.24 bits per heavy atom. The zero-order valence-electron chi connectivity index (χ0n) is 20.5. The Hall–Kier alpha value is -2.67. The Morgan fingerprint density at radius 2 is 1.97 bits per heavy atom. The molecule has 1 aliphatic rings. The average Bonchev–Trinajstić information content (AvgIpc) is 3.25. The van der Waals surface area contributed by atoms with Crippen molar-refractivity contribution in [1.29, 1.82) is 0 Å².